The van der Waals surface area contributed by atoms with Gasteiger partial charge < -0.3 is 9.88 Å². The summed E-state index contributed by atoms with van der Waals surface area (Å²) in [5.41, 5.74) is 1.19. The Morgan fingerprint density at radius 1 is 1.00 bits per heavy atom. The number of ketones is 1. The molecule has 1 fully saturated rings. The summed E-state index contributed by atoms with van der Waals surface area (Å²) in [7, 11) is -1.86. The van der Waals surface area contributed by atoms with E-state index in [4.69, 9.17) is 0 Å². The second-order valence-electron chi connectivity index (χ2n) is 7.36. The number of sulfonamides is 1. The van der Waals surface area contributed by atoms with E-state index < -0.39 is 15.9 Å². The molecule has 0 bridgehead atoms. The molecule has 1 saturated heterocycles. The molecular weight excluding hydrogens is 416 g/mol. The van der Waals surface area contributed by atoms with Crippen LogP contribution in [0.3, 0.4) is 0 Å². The molecule has 3 aromatic rings. The molecule has 0 aliphatic carbocycles. The number of aromatic nitrogens is 2. The lowest BCUT2D eigenvalue weighted by Crippen LogP contribution is -2.28. The Labute approximate surface area is 180 Å². The van der Waals surface area contributed by atoms with Gasteiger partial charge in [-0.2, -0.15) is 4.31 Å². The average Bonchev–Trinajstić information content (AvgIpc) is 3.46. The number of carbonyl (C=O) groups excluding carboxylic acids is 2. The Kier molecular flexibility index (Phi) is 5.71. The number of hydrogen-bond donors (Lipinski definition) is 1. The number of hydrogen-bond acceptors (Lipinski definition) is 5. The van der Waals surface area contributed by atoms with Gasteiger partial charge in [-0.1, -0.05) is 6.07 Å². The summed E-state index contributed by atoms with van der Waals surface area (Å²) >= 11 is 0. The third-order valence-electron chi connectivity index (χ3n) is 5.23. The minimum absolute atomic E-state index is 0.109. The van der Waals surface area contributed by atoms with Crippen LogP contribution in [0.2, 0.25) is 0 Å². The standard InChI is InChI=1S/C22H22N4O4S/c1-25-14-11-23-21(25)20(27)16-7-9-18(10-8-16)24-22(28)17-5-4-6-19(15-17)31(29,30)26-12-2-3-13-26/h4-11,14-15H,2-3,12-13H2,1H3,(H,24,28). The highest BCUT2D eigenvalue weighted by Crippen LogP contribution is 2.22. The fourth-order valence-corrected chi connectivity index (χ4v) is 5.06. The van der Waals surface area contributed by atoms with E-state index in [1.165, 1.54) is 16.4 Å². The van der Waals surface area contributed by atoms with Crippen LogP contribution in [0.5, 0.6) is 0 Å². The van der Waals surface area contributed by atoms with Crippen molar-refractivity contribution in [3.05, 3.63) is 77.9 Å². The lowest BCUT2D eigenvalue weighted by Gasteiger charge is -2.16. The number of rotatable bonds is 6. The molecule has 0 atom stereocenters. The summed E-state index contributed by atoms with van der Waals surface area (Å²) in [5.74, 6) is -0.320. The highest BCUT2D eigenvalue weighted by Gasteiger charge is 2.27. The zero-order chi connectivity index (χ0) is 22.0. The molecule has 2 heterocycles. The summed E-state index contributed by atoms with van der Waals surface area (Å²) in [4.78, 5) is 29.3. The molecule has 8 nitrogen and oxygen atoms in total. The lowest BCUT2D eigenvalue weighted by molar-refractivity contribution is 0.102. The number of imidazole rings is 1. The average molecular weight is 439 g/mol. The van der Waals surface area contributed by atoms with Crippen LogP contribution in [0.1, 0.15) is 39.4 Å². The second kappa shape index (κ2) is 8.44. The highest BCUT2D eigenvalue weighted by molar-refractivity contribution is 7.89. The van der Waals surface area contributed by atoms with Crippen LogP contribution in [-0.2, 0) is 17.1 Å². The van der Waals surface area contributed by atoms with Gasteiger partial charge in [-0.05, 0) is 55.3 Å². The minimum atomic E-state index is -3.60. The lowest BCUT2D eigenvalue weighted by atomic mass is 10.1. The predicted molar refractivity (Wildman–Crippen MR) is 115 cm³/mol. The largest absolute Gasteiger partial charge is 0.331 e. The smallest absolute Gasteiger partial charge is 0.255 e. The van der Waals surface area contributed by atoms with Crippen molar-refractivity contribution in [2.45, 2.75) is 17.7 Å². The number of amides is 1. The molecule has 31 heavy (non-hydrogen) atoms. The molecule has 0 spiro atoms. The second-order valence-corrected chi connectivity index (χ2v) is 9.30. The molecule has 0 unspecified atom stereocenters. The van der Waals surface area contributed by atoms with Crippen molar-refractivity contribution in [3.8, 4) is 0 Å². The van der Waals surface area contributed by atoms with E-state index in [-0.39, 0.29) is 16.2 Å². The summed E-state index contributed by atoms with van der Waals surface area (Å²) in [6.45, 7) is 1.00. The van der Waals surface area contributed by atoms with Crippen LogP contribution in [0.4, 0.5) is 5.69 Å². The van der Waals surface area contributed by atoms with Crippen LogP contribution in [-0.4, -0.2) is 47.1 Å². The maximum atomic E-state index is 12.7. The number of carbonyl (C=O) groups is 2. The third-order valence-corrected chi connectivity index (χ3v) is 7.12. The van der Waals surface area contributed by atoms with E-state index in [9.17, 15) is 18.0 Å². The Balaban J connectivity index is 1.48. The quantitative estimate of drug-likeness (QED) is 0.596. The van der Waals surface area contributed by atoms with Crippen molar-refractivity contribution < 1.29 is 18.0 Å². The molecule has 1 aromatic heterocycles. The van der Waals surface area contributed by atoms with E-state index in [1.54, 1.807) is 60.4 Å². The van der Waals surface area contributed by atoms with Crippen molar-refractivity contribution >= 4 is 27.4 Å². The number of nitrogens with one attached hydrogen (secondary N) is 1. The van der Waals surface area contributed by atoms with Gasteiger partial charge in [-0.3, -0.25) is 9.59 Å². The van der Waals surface area contributed by atoms with Crippen molar-refractivity contribution in [2.24, 2.45) is 7.05 Å². The Bertz CT molecular complexity index is 1230. The number of anilines is 1. The summed E-state index contributed by atoms with van der Waals surface area (Å²) in [6, 6.07) is 12.5. The van der Waals surface area contributed by atoms with Crippen LogP contribution in [0.15, 0.2) is 65.8 Å². The molecule has 1 amide bonds. The first-order chi connectivity index (χ1) is 14.9. The molecule has 2 aromatic carbocycles. The van der Waals surface area contributed by atoms with Gasteiger partial charge in [0.2, 0.25) is 15.8 Å². The summed E-state index contributed by atoms with van der Waals surface area (Å²) < 4.78 is 28.6. The molecule has 9 heteroatoms. The number of benzene rings is 2. The van der Waals surface area contributed by atoms with Crippen molar-refractivity contribution in [3.63, 3.8) is 0 Å². The normalized spacial score (nSPS) is 14.5. The maximum Gasteiger partial charge on any atom is 0.255 e. The zero-order valence-corrected chi connectivity index (χ0v) is 17.8. The van der Waals surface area contributed by atoms with E-state index >= 15 is 0 Å². The molecule has 0 saturated carbocycles. The topological polar surface area (TPSA) is 101 Å². The van der Waals surface area contributed by atoms with Crippen molar-refractivity contribution in [2.75, 3.05) is 18.4 Å². The summed E-state index contributed by atoms with van der Waals surface area (Å²) in [6.07, 6.45) is 4.94. The monoisotopic (exact) mass is 438 g/mol. The molecular formula is C22H22N4O4S. The summed E-state index contributed by atoms with van der Waals surface area (Å²) in [5, 5.41) is 2.74. The van der Waals surface area contributed by atoms with E-state index in [0.29, 0.717) is 30.2 Å². The maximum absolute atomic E-state index is 12.7. The fourth-order valence-electron chi connectivity index (χ4n) is 3.50. The molecule has 160 valence electrons. The SMILES string of the molecule is Cn1ccnc1C(=O)c1ccc(NC(=O)c2cccc(S(=O)(=O)N3CCCC3)c2)cc1. The Morgan fingerprint density at radius 2 is 1.71 bits per heavy atom. The molecule has 4 rings (SSSR count). The molecule has 1 aliphatic rings. The van der Waals surface area contributed by atoms with Gasteiger partial charge in [0.1, 0.15) is 0 Å². The van der Waals surface area contributed by atoms with Crippen molar-refractivity contribution in [1.29, 1.82) is 0 Å². The van der Waals surface area contributed by atoms with E-state index in [2.05, 4.69) is 10.3 Å². The van der Waals surface area contributed by atoms with Gasteiger partial charge in [0.05, 0.1) is 4.90 Å². The van der Waals surface area contributed by atoms with E-state index in [1.807, 2.05) is 0 Å². The van der Waals surface area contributed by atoms with Gasteiger partial charge in [0, 0.05) is 49.3 Å². The van der Waals surface area contributed by atoms with Gasteiger partial charge in [-0.15, -0.1) is 0 Å². The number of aryl methyl sites for hydroxylation is 1. The van der Waals surface area contributed by atoms with Gasteiger partial charge in [-0.25, -0.2) is 13.4 Å². The van der Waals surface area contributed by atoms with Crippen LogP contribution in [0, 0.1) is 0 Å². The minimum Gasteiger partial charge on any atom is -0.331 e. The van der Waals surface area contributed by atoms with Gasteiger partial charge >= 0.3 is 0 Å². The first-order valence-corrected chi connectivity index (χ1v) is 11.3. The molecule has 1 aliphatic heterocycles. The van der Waals surface area contributed by atoms with Crippen molar-refractivity contribution in [1.82, 2.24) is 13.9 Å². The van der Waals surface area contributed by atoms with E-state index in [0.717, 1.165) is 12.8 Å². The van der Waals surface area contributed by atoms with Crippen LogP contribution >= 0.6 is 0 Å². The Hall–Kier alpha value is -3.30. The van der Waals surface area contributed by atoms with Crippen LogP contribution < -0.4 is 5.32 Å². The van der Waals surface area contributed by atoms with Gasteiger partial charge in [0.25, 0.3) is 5.91 Å². The van der Waals surface area contributed by atoms with Crippen LogP contribution in [0.25, 0.3) is 0 Å². The first-order valence-electron chi connectivity index (χ1n) is 9.90. The highest BCUT2D eigenvalue weighted by atomic mass is 32.2. The Morgan fingerprint density at radius 3 is 2.35 bits per heavy atom. The zero-order valence-electron chi connectivity index (χ0n) is 17.0. The number of nitrogens with zero attached hydrogens (tertiary/aromatic N) is 3. The fraction of sp³-hybridized carbons (Fsp3) is 0.227. The molecule has 1 N–H and O–H groups in total. The van der Waals surface area contributed by atoms with Gasteiger partial charge in [0.15, 0.2) is 5.82 Å². The third kappa shape index (κ3) is 4.28. The molecule has 0 radical (unpaired) electrons. The predicted octanol–water partition coefficient (Wildman–Crippen LogP) is 2.69. The first kappa shape index (κ1) is 21.0.